The fourth-order valence-corrected chi connectivity index (χ4v) is 8.91. The highest BCUT2D eigenvalue weighted by molar-refractivity contribution is 6.44. The summed E-state index contributed by atoms with van der Waals surface area (Å²) in [6.45, 7) is 0. The van der Waals surface area contributed by atoms with Gasteiger partial charge in [-0.05, 0) is 72.1 Å². The molecule has 12 rings (SSSR count). The van der Waals surface area contributed by atoms with E-state index < -0.39 is 0 Å². The Kier molecular flexibility index (Phi) is 6.31. The van der Waals surface area contributed by atoms with Crippen molar-refractivity contribution >= 4 is 64.9 Å². The predicted octanol–water partition coefficient (Wildman–Crippen LogP) is 13.1. The first-order valence-electron chi connectivity index (χ1n) is 18.7. The molecule has 0 aliphatic carbocycles. The normalized spacial score (nSPS) is 12.0. The van der Waals surface area contributed by atoms with Crippen molar-refractivity contribution in [1.29, 1.82) is 0 Å². The van der Waals surface area contributed by atoms with E-state index in [0.717, 1.165) is 33.3 Å². The van der Waals surface area contributed by atoms with Crippen LogP contribution in [0, 0.1) is 0 Å². The summed E-state index contributed by atoms with van der Waals surface area (Å²) in [4.78, 5) is 15.8. The van der Waals surface area contributed by atoms with Crippen LogP contribution in [0.25, 0.3) is 116 Å². The maximum absolute atomic E-state index is 5.30. The predicted molar refractivity (Wildman–Crippen MR) is 228 cm³/mol. The van der Waals surface area contributed by atoms with Crippen LogP contribution >= 0.6 is 0 Å². The van der Waals surface area contributed by atoms with E-state index in [1.54, 1.807) is 0 Å². The molecule has 4 nitrogen and oxygen atoms in total. The molecule has 0 saturated heterocycles. The monoisotopic (exact) mass is 698 g/mol. The summed E-state index contributed by atoms with van der Waals surface area (Å²) >= 11 is 0. The van der Waals surface area contributed by atoms with Gasteiger partial charge < -0.3 is 0 Å². The first kappa shape index (κ1) is 30.1. The summed E-state index contributed by atoms with van der Waals surface area (Å²) in [6, 6.07) is 64.8. The Balaban J connectivity index is 1.13. The topological polar surface area (TPSA) is 43.6 Å². The van der Waals surface area contributed by atoms with E-state index in [2.05, 4.69) is 174 Å². The van der Waals surface area contributed by atoms with Gasteiger partial charge in [0.05, 0.1) is 11.0 Å². The van der Waals surface area contributed by atoms with Gasteiger partial charge in [-0.15, -0.1) is 0 Å². The molecule has 0 aliphatic rings. The first-order valence-corrected chi connectivity index (χ1v) is 18.7. The van der Waals surface area contributed by atoms with E-state index in [4.69, 9.17) is 15.0 Å². The van der Waals surface area contributed by atoms with Crippen molar-refractivity contribution < 1.29 is 0 Å². The van der Waals surface area contributed by atoms with E-state index in [0.29, 0.717) is 17.6 Å². The van der Waals surface area contributed by atoms with Crippen molar-refractivity contribution in [3.8, 4) is 51.0 Å². The molecule has 10 aromatic carbocycles. The average Bonchev–Trinajstić information content (AvgIpc) is 3.62. The van der Waals surface area contributed by atoms with Gasteiger partial charge in [0.25, 0.3) is 0 Å². The number of nitrogens with zero attached hydrogens (tertiary/aromatic N) is 4. The minimum Gasteiger partial charge on any atom is -0.278 e. The maximum Gasteiger partial charge on any atom is 0.238 e. The Labute approximate surface area is 316 Å². The second-order valence-electron chi connectivity index (χ2n) is 14.4. The Hall–Kier alpha value is -7.43. The van der Waals surface area contributed by atoms with Crippen molar-refractivity contribution in [2.24, 2.45) is 0 Å². The quantitative estimate of drug-likeness (QED) is 0.133. The zero-order valence-corrected chi connectivity index (χ0v) is 29.6. The number of benzene rings is 10. The molecule has 12 aromatic rings. The molecule has 0 saturated carbocycles. The van der Waals surface area contributed by atoms with Gasteiger partial charge in [-0.3, -0.25) is 4.57 Å². The molecule has 4 heteroatoms. The van der Waals surface area contributed by atoms with Crippen LogP contribution in [0.2, 0.25) is 0 Å². The van der Waals surface area contributed by atoms with Crippen LogP contribution < -0.4 is 0 Å². The summed E-state index contributed by atoms with van der Waals surface area (Å²) in [5, 5.41) is 12.7. The Morgan fingerprint density at radius 3 is 1.25 bits per heavy atom. The van der Waals surface area contributed by atoms with Crippen LogP contribution in [-0.4, -0.2) is 19.5 Å². The summed E-state index contributed by atoms with van der Waals surface area (Å²) in [6.07, 6.45) is 0. The molecule has 0 fully saturated rings. The number of hydrogen-bond acceptors (Lipinski definition) is 3. The largest absolute Gasteiger partial charge is 0.278 e. The molecule has 0 bridgehead atoms. The molecule has 0 radical (unpaired) electrons. The second-order valence-corrected chi connectivity index (χ2v) is 14.4. The lowest BCUT2D eigenvalue weighted by Crippen LogP contribution is -2.06. The van der Waals surface area contributed by atoms with E-state index in [1.807, 2.05) is 12.1 Å². The molecule has 2 aromatic heterocycles. The van der Waals surface area contributed by atoms with Gasteiger partial charge >= 0.3 is 0 Å². The van der Waals surface area contributed by atoms with Crippen LogP contribution in [0.4, 0.5) is 0 Å². The highest BCUT2D eigenvalue weighted by Gasteiger charge is 2.25. The lowest BCUT2D eigenvalue weighted by Gasteiger charge is -2.16. The molecular weight excluding hydrogens is 669 g/mol. The van der Waals surface area contributed by atoms with Gasteiger partial charge in [0, 0.05) is 27.3 Å². The zero-order chi connectivity index (χ0) is 36.0. The SMILES string of the molecule is c1ccc(-c2ccc(-c3nc(-c4ccc(-c5ccccc5)cc4)nc(-n4c5cccc6c7cccc8c9ccccc9c9ccc4c(c9c87)c65)n3)cc2)cc1. The van der Waals surface area contributed by atoms with Crippen LogP contribution in [0.5, 0.6) is 0 Å². The van der Waals surface area contributed by atoms with Gasteiger partial charge in [-0.25, -0.2) is 4.98 Å². The number of aromatic nitrogens is 4. The summed E-state index contributed by atoms with van der Waals surface area (Å²) in [5.74, 6) is 1.86. The summed E-state index contributed by atoms with van der Waals surface area (Å²) in [7, 11) is 0. The molecule has 0 unspecified atom stereocenters. The fourth-order valence-electron chi connectivity index (χ4n) is 8.91. The lowest BCUT2D eigenvalue weighted by atomic mass is 9.86. The smallest absolute Gasteiger partial charge is 0.238 e. The van der Waals surface area contributed by atoms with Crippen molar-refractivity contribution in [3.05, 3.63) is 182 Å². The van der Waals surface area contributed by atoms with Gasteiger partial charge in [-0.1, -0.05) is 170 Å². The highest BCUT2D eigenvalue weighted by atomic mass is 15.2. The molecule has 0 spiro atoms. The van der Waals surface area contributed by atoms with Crippen molar-refractivity contribution in [1.82, 2.24) is 19.5 Å². The second kappa shape index (κ2) is 11.5. The average molecular weight is 699 g/mol. The molecule has 0 N–H and O–H groups in total. The van der Waals surface area contributed by atoms with Crippen molar-refractivity contribution in [2.45, 2.75) is 0 Å². The van der Waals surface area contributed by atoms with E-state index in [1.165, 1.54) is 65.0 Å². The molecule has 0 atom stereocenters. The number of rotatable bonds is 5. The third-order valence-corrected chi connectivity index (χ3v) is 11.4. The third-order valence-electron chi connectivity index (χ3n) is 11.4. The van der Waals surface area contributed by atoms with Crippen LogP contribution in [0.3, 0.4) is 0 Å². The molecule has 254 valence electrons. The zero-order valence-electron chi connectivity index (χ0n) is 29.6. The lowest BCUT2D eigenvalue weighted by molar-refractivity contribution is 0.954. The first-order chi connectivity index (χ1) is 27.3. The Morgan fingerprint density at radius 1 is 0.255 bits per heavy atom. The number of hydrogen-bond donors (Lipinski definition) is 0. The molecular formula is C51H30N4. The van der Waals surface area contributed by atoms with Crippen LogP contribution in [0.1, 0.15) is 0 Å². The minimum absolute atomic E-state index is 0.596. The van der Waals surface area contributed by atoms with Crippen LogP contribution in [0.15, 0.2) is 182 Å². The van der Waals surface area contributed by atoms with E-state index in [-0.39, 0.29) is 0 Å². The third kappa shape index (κ3) is 4.43. The van der Waals surface area contributed by atoms with E-state index >= 15 is 0 Å². The van der Waals surface area contributed by atoms with Gasteiger partial charge in [0.15, 0.2) is 11.6 Å². The van der Waals surface area contributed by atoms with Gasteiger partial charge in [0.2, 0.25) is 5.95 Å². The molecule has 55 heavy (non-hydrogen) atoms. The maximum atomic E-state index is 5.30. The molecule has 2 heterocycles. The summed E-state index contributed by atoms with van der Waals surface area (Å²) < 4.78 is 2.26. The van der Waals surface area contributed by atoms with Crippen molar-refractivity contribution in [3.63, 3.8) is 0 Å². The van der Waals surface area contributed by atoms with Gasteiger partial charge in [0.1, 0.15) is 0 Å². The number of fused-ring (bicyclic) bond motifs is 4. The standard InChI is InChI=1S/C51H30N4/c1-3-11-31(12-4-1)33-21-25-35(26-22-33)49-52-50(36-27-23-34(24-28-36)32-13-5-2-6-14-32)54-51(53-49)55-43-20-10-19-41-40-18-9-17-39-37-15-7-8-16-38(37)42-29-30-44(55)48(46(41)43)47(42)45(39)40/h1-30H. The Bertz CT molecular complexity index is 3280. The highest BCUT2D eigenvalue weighted by Crippen LogP contribution is 2.49. The minimum atomic E-state index is 0.596. The van der Waals surface area contributed by atoms with Crippen molar-refractivity contribution in [2.75, 3.05) is 0 Å². The van der Waals surface area contributed by atoms with E-state index in [9.17, 15) is 0 Å². The fraction of sp³-hybridized carbons (Fsp3) is 0. The molecule has 0 aliphatic heterocycles. The van der Waals surface area contributed by atoms with Gasteiger partial charge in [-0.2, -0.15) is 9.97 Å². The molecule has 0 amide bonds. The van der Waals surface area contributed by atoms with Crippen LogP contribution in [-0.2, 0) is 0 Å². The Morgan fingerprint density at radius 2 is 0.673 bits per heavy atom. The summed E-state index contributed by atoms with van der Waals surface area (Å²) in [5.41, 5.74) is 8.67.